The molecule has 0 aromatic heterocycles. The van der Waals surface area contributed by atoms with Crippen molar-refractivity contribution in [1.82, 2.24) is 10.2 Å². The minimum atomic E-state index is -0.520. The highest BCUT2D eigenvalue weighted by Crippen LogP contribution is 2.29. The average Bonchev–Trinajstić information content (AvgIpc) is 2.92. The molecule has 1 aliphatic rings. The summed E-state index contributed by atoms with van der Waals surface area (Å²) in [5, 5.41) is 2.56. The van der Waals surface area contributed by atoms with E-state index in [9.17, 15) is 14.0 Å². The van der Waals surface area contributed by atoms with Gasteiger partial charge >= 0.3 is 6.03 Å². The third kappa shape index (κ3) is 4.08. The summed E-state index contributed by atoms with van der Waals surface area (Å²) in [6, 6.07) is 10.4. The van der Waals surface area contributed by atoms with Crippen LogP contribution in [0, 0.1) is 5.82 Å². The van der Waals surface area contributed by atoms with Gasteiger partial charge in [-0.05, 0) is 48.4 Å². The number of carbonyl (C=O) groups excluding carboxylic acids is 2. The molecule has 1 heterocycles. The van der Waals surface area contributed by atoms with Crippen molar-refractivity contribution in [2.24, 2.45) is 0 Å². The summed E-state index contributed by atoms with van der Waals surface area (Å²) in [6.07, 6.45) is 1.57. The minimum Gasteiger partial charge on any atom is -0.493 e. The first-order valence-corrected chi connectivity index (χ1v) is 8.41. The summed E-state index contributed by atoms with van der Waals surface area (Å²) in [4.78, 5) is 25.8. The maximum absolute atomic E-state index is 13.0. The zero-order valence-corrected chi connectivity index (χ0v) is 15.0. The number of halogens is 1. The molecular weight excluding hydrogens is 351 g/mol. The maximum Gasteiger partial charge on any atom is 0.329 e. The van der Waals surface area contributed by atoms with Gasteiger partial charge in [-0.2, -0.15) is 0 Å². The fourth-order valence-corrected chi connectivity index (χ4v) is 2.70. The fourth-order valence-electron chi connectivity index (χ4n) is 2.70. The minimum absolute atomic E-state index is 0.0644. The number of nitrogens with zero attached hydrogens (tertiary/aromatic N) is 1. The van der Waals surface area contributed by atoms with Crippen molar-refractivity contribution in [3.63, 3.8) is 0 Å². The van der Waals surface area contributed by atoms with Crippen LogP contribution in [0.2, 0.25) is 0 Å². The largest absolute Gasteiger partial charge is 0.493 e. The van der Waals surface area contributed by atoms with Gasteiger partial charge in [0.25, 0.3) is 5.91 Å². The number of methoxy groups -OCH3 is 1. The maximum atomic E-state index is 13.0. The Kier molecular flexibility index (Phi) is 5.40. The molecule has 6 nitrogen and oxygen atoms in total. The molecule has 0 radical (unpaired) electrons. The topological polar surface area (TPSA) is 67.9 Å². The number of amides is 3. The molecular formula is C20H19FN2O4. The van der Waals surface area contributed by atoms with Gasteiger partial charge < -0.3 is 14.8 Å². The Hall–Kier alpha value is -3.35. The van der Waals surface area contributed by atoms with E-state index in [1.165, 1.54) is 31.4 Å². The van der Waals surface area contributed by atoms with Gasteiger partial charge in [-0.25, -0.2) is 9.18 Å². The predicted molar refractivity (Wildman–Crippen MR) is 97.6 cm³/mol. The standard InChI is InChI=1S/C20H19FN2O4/c1-3-27-17-9-6-14(11-18(17)26-2)10-16-19(24)23(20(25)22-16)12-13-4-7-15(21)8-5-13/h4-11H,3,12H2,1-2H3,(H,22,25)/b16-10+. The molecule has 3 amide bonds. The highest BCUT2D eigenvalue weighted by Gasteiger charge is 2.33. The van der Waals surface area contributed by atoms with E-state index in [-0.39, 0.29) is 18.1 Å². The number of hydrogen-bond donors (Lipinski definition) is 1. The van der Waals surface area contributed by atoms with E-state index in [4.69, 9.17) is 9.47 Å². The molecule has 1 N–H and O–H groups in total. The lowest BCUT2D eigenvalue weighted by atomic mass is 10.1. The van der Waals surface area contributed by atoms with Crippen molar-refractivity contribution in [3.05, 3.63) is 65.1 Å². The predicted octanol–water partition coefficient (Wildman–Crippen LogP) is 3.33. The lowest BCUT2D eigenvalue weighted by Crippen LogP contribution is -2.30. The number of nitrogens with one attached hydrogen (secondary N) is 1. The highest BCUT2D eigenvalue weighted by atomic mass is 19.1. The van der Waals surface area contributed by atoms with Crippen molar-refractivity contribution in [2.45, 2.75) is 13.5 Å². The second-order valence-electron chi connectivity index (χ2n) is 5.85. The van der Waals surface area contributed by atoms with Crippen LogP contribution in [0.25, 0.3) is 6.08 Å². The van der Waals surface area contributed by atoms with Crippen molar-refractivity contribution in [3.8, 4) is 11.5 Å². The molecule has 1 aliphatic heterocycles. The molecule has 3 rings (SSSR count). The molecule has 0 atom stereocenters. The van der Waals surface area contributed by atoms with Crippen LogP contribution in [0.15, 0.2) is 48.2 Å². The van der Waals surface area contributed by atoms with Crippen LogP contribution >= 0.6 is 0 Å². The summed E-state index contributed by atoms with van der Waals surface area (Å²) < 4.78 is 23.8. The van der Waals surface area contributed by atoms with Crippen molar-refractivity contribution in [2.75, 3.05) is 13.7 Å². The smallest absolute Gasteiger partial charge is 0.329 e. The van der Waals surface area contributed by atoms with Crippen LogP contribution in [0.1, 0.15) is 18.1 Å². The molecule has 0 saturated carbocycles. The SMILES string of the molecule is CCOc1ccc(/C=C2/NC(=O)N(Cc3ccc(F)cc3)C2=O)cc1OC. The molecule has 0 bridgehead atoms. The van der Waals surface area contributed by atoms with Crippen LogP contribution in [0.4, 0.5) is 9.18 Å². The number of rotatable bonds is 6. The van der Waals surface area contributed by atoms with Crippen LogP contribution in [-0.4, -0.2) is 30.6 Å². The van der Waals surface area contributed by atoms with Gasteiger partial charge in [-0.3, -0.25) is 9.69 Å². The second-order valence-corrected chi connectivity index (χ2v) is 5.85. The zero-order valence-electron chi connectivity index (χ0n) is 15.0. The Labute approximate surface area is 156 Å². The van der Waals surface area contributed by atoms with Gasteiger partial charge in [0.15, 0.2) is 11.5 Å². The second kappa shape index (κ2) is 7.90. The number of urea groups is 1. The van der Waals surface area contributed by atoms with Crippen molar-refractivity contribution in [1.29, 1.82) is 0 Å². The Morgan fingerprint density at radius 1 is 1.11 bits per heavy atom. The summed E-state index contributed by atoms with van der Waals surface area (Å²) in [7, 11) is 1.53. The van der Waals surface area contributed by atoms with Crippen molar-refractivity contribution >= 4 is 18.0 Å². The summed E-state index contributed by atoms with van der Waals surface area (Å²) in [5.41, 5.74) is 1.50. The van der Waals surface area contributed by atoms with Gasteiger partial charge in [-0.15, -0.1) is 0 Å². The first-order chi connectivity index (χ1) is 13.0. The van der Waals surface area contributed by atoms with E-state index in [1.54, 1.807) is 24.3 Å². The fraction of sp³-hybridized carbons (Fsp3) is 0.200. The van der Waals surface area contributed by atoms with Crippen LogP contribution in [0.3, 0.4) is 0 Å². The van der Waals surface area contributed by atoms with E-state index in [0.717, 1.165) is 4.90 Å². The molecule has 1 fully saturated rings. The number of carbonyl (C=O) groups is 2. The number of imide groups is 1. The molecule has 0 unspecified atom stereocenters. The monoisotopic (exact) mass is 370 g/mol. The van der Waals surface area contributed by atoms with Gasteiger partial charge in [0, 0.05) is 0 Å². The first kappa shape index (κ1) is 18.4. The molecule has 27 heavy (non-hydrogen) atoms. The normalized spacial score (nSPS) is 15.2. The number of hydrogen-bond acceptors (Lipinski definition) is 4. The first-order valence-electron chi connectivity index (χ1n) is 8.41. The van der Waals surface area contributed by atoms with Gasteiger partial charge in [0.2, 0.25) is 0 Å². The van der Waals surface area contributed by atoms with Gasteiger partial charge in [0.1, 0.15) is 11.5 Å². The molecule has 7 heteroatoms. The van der Waals surface area contributed by atoms with E-state index in [0.29, 0.717) is 29.2 Å². The molecule has 0 spiro atoms. The van der Waals surface area contributed by atoms with E-state index in [2.05, 4.69) is 5.32 Å². The zero-order chi connectivity index (χ0) is 19.4. The van der Waals surface area contributed by atoms with Crippen LogP contribution in [0.5, 0.6) is 11.5 Å². The summed E-state index contributed by atoms with van der Waals surface area (Å²) >= 11 is 0. The molecule has 1 saturated heterocycles. The third-order valence-electron chi connectivity index (χ3n) is 4.01. The Balaban J connectivity index is 1.80. The molecule has 2 aromatic rings. The van der Waals surface area contributed by atoms with Gasteiger partial charge in [0.05, 0.1) is 20.3 Å². The Morgan fingerprint density at radius 3 is 2.52 bits per heavy atom. The molecule has 0 aliphatic carbocycles. The van der Waals surface area contributed by atoms with E-state index < -0.39 is 11.9 Å². The Morgan fingerprint density at radius 2 is 1.85 bits per heavy atom. The lowest BCUT2D eigenvalue weighted by Gasteiger charge is -2.11. The lowest BCUT2D eigenvalue weighted by molar-refractivity contribution is -0.123. The van der Waals surface area contributed by atoms with Crippen LogP contribution in [-0.2, 0) is 11.3 Å². The van der Waals surface area contributed by atoms with E-state index in [1.807, 2.05) is 6.92 Å². The average molecular weight is 370 g/mol. The summed E-state index contributed by atoms with van der Waals surface area (Å²) in [5.74, 6) is 0.311. The Bertz CT molecular complexity index is 893. The van der Waals surface area contributed by atoms with Crippen LogP contribution < -0.4 is 14.8 Å². The van der Waals surface area contributed by atoms with Gasteiger partial charge in [-0.1, -0.05) is 18.2 Å². The van der Waals surface area contributed by atoms with Crippen molar-refractivity contribution < 1.29 is 23.5 Å². The molecule has 2 aromatic carbocycles. The number of benzene rings is 2. The summed E-state index contributed by atoms with van der Waals surface area (Å²) in [6.45, 7) is 2.44. The van der Waals surface area contributed by atoms with E-state index >= 15 is 0 Å². The third-order valence-corrected chi connectivity index (χ3v) is 4.01. The highest BCUT2D eigenvalue weighted by molar-refractivity contribution is 6.13. The number of ether oxygens (including phenoxy) is 2. The molecule has 140 valence electrons. The quantitative estimate of drug-likeness (QED) is 0.626.